The van der Waals surface area contributed by atoms with Gasteiger partial charge in [-0.2, -0.15) is 0 Å². The predicted molar refractivity (Wildman–Crippen MR) is 75.5 cm³/mol. The van der Waals surface area contributed by atoms with E-state index >= 15 is 0 Å². The highest BCUT2D eigenvalue weighted by atomic mass is 35.5. The zero-order valence-electron chi connectivity index (χ0n) is 11.2. The minimum atomic E-state index is -4.93. The van der Waals surface area contributed by atoms with Crippen LogP contribution in [-0.2, 0) is 0 Å². The molecule has 1 aromatic heterocycles. The minimum Gasteiger partial charge on any atom is -0.405 e. The summed E-state index contributed by atoms with van der Waals surface area (Å²) in [5, 5.41) is 1.44. The molecule has 0 saturated heterocycles. The zero-order chi connectivity index (χ0) is 17.0. The van der Waals surface area contributed by atoms with E-state index in [1.165, 1.54) is 30.3 Å². The molecule has 0 unspecified atom stereocenters. The van der Waals surface area contributed by atoms with Gasteiger partial charge in [0.25, 0.3) is 11.1 Å². The SMILES string of the molecule is O=C(Cl)c1cccc(NC(=O)c2ccccc2OC(F)(F)F)n1. The van der Waals surface area contributed by atoms with Gasteiger partial charge in [-0.1, -0.05) is 18.2 Å². The van der Waals surface area contributed by atoms with Gasteiger partial charge in [0, 0.05) is 0 Å². The van der Waals surface area contributed by atoms with Crippen LogP contribution in [0.25, 0.3) is 0 Å². The molecule has 0 saturated carbocycles. The van der Waals surface area contributed by atoms with Crippen LogP contribution in [0.15, 0.2) is 42.5 Å². The van der Waals surface area contributed by atoms with Crippen LogP contribution in [0.2, 0.25) is 0 Å². The van der Waals surface area contributed by atoms with Crippen molar-refractivity contribution >= 4 is 28.6 Å². The number of alkyl halides is 3. The van der Waals surface area contributed by atoms with Crippen LogP contribution in [0.3, 0.4) is 0 Å². The fourth-order valence-electron chi connectivity index (χ4n) is 1.67. The standard InChI is InChI=1S/C14H8ClF3N2O3/c15-12(21)9-5-3-7-11(19-9)20-13(22)8-4-1-2-6-10(8)23-14(16,17)18/h1-7H,(H,19,20,22). The highest BCUT2D eigenvalue weighted by Crippen LogP contribution is 2.26. The zero-order valence-corrected chi connectivity index (χ0v) is 12.0. The first-order valence-corrected chi connectivity index (χ1v) is 6.47. The number of anilines is 1. The number of ether oxygens (including phenoxy) is 1. The summed E-state index contributed by atoms with van der Waals surface area (Å²) in [6.45, 7) is 0. The van der Waals surface area contributed by atoms with Crippen molar-refractivity contribution in [3.05, 3.63) is 53.7 Å². The molecule has 0 aliphatic carbocycles. The molecule has 1 amide bonds. The lowest BCUT2D eigenvalue weighted by Crippen LogP contribution is -2.21. The van der Waals surface area contributed by atoms with Crippen molar-refractivity contribution in [2.45, 2.75) is 6.36 Å². The van der Waals surface area contributed by atoms with Gasteiger partial charge in [-0.15, -0.1) is 13.2 Å². The summed E-state index contributed by atoms with van der Waals surface area (Å²) < 4.78 is 40.8. The molecule has 0 fully saturated rings. The Bertz CT molecular complexity index is 750. The van der Waals surface area contributed by atoms with E-state index in [1.54, 1.807) is 0 Å². The normalized spacial score (nSPS) is 11.0. The maximum atomic E-state index is 12.3. The summed E-state index contributed by atoms with van der Waals surface area (Å²) in [7, 11) is 0. The smallest absolute Gasteiger partial charge is 0.405 e. The van der Waals surface area contributed by atoms with Crippen molar-refractivity contribution in [2.75, 3.05) is 5.32 Å². The molecule has 2 aromatic rings. The summed E-state index contributed by atoms with van der Waals surface area (Å²) in [5.41, 5.74) is -0.446. The molecule has 9 heteroatoms. The third-order valence-electron chi connectivity index (χ3n) is 2.55. The second kappa shape index (κ2) is 6.66. The number of benzene rings is 1. The van der Waals surface area contributed by atoms with Crippen LogP contribution in [0, 0.1) is 0 Å². The lowest BCUT2D eigenvalue weighted by molar-refractivity contribution is -0.274. The van der Waals surface area contributed by atoms with Gasteiger partial charge in [-0.05, 0) is 35.9 Å². The average Bonchev–Trinajstić information content (AvgIpc) is 2.46. The maximum absolute atomic E-state index is 12.3. The molecule has 1 heterocycles. The number of para-hydroxylation sites is 1. The van der Waals surface area contributed by atoms with Gasteiger partial charge >= 0.3 is 6.36 Å². The molecule has 0 aliphatic rings. The second-order valence-corrected chi connectivity index (χ2v) is 4.52. The van der Waals surface area contributed by atoms with Crippen LogP contribution in [0.4, 0.5) is 19.0 Å². The number of carbonyl (C=O) groups excluding carboxylic acids is 2. The molecular formula is C14H8ClF3N2O3. The first-order chi connectivity index (χ1) is 10.8. The molecule has 2 rings (SSSR count). The summed E-state index contributed by atoms with van der Waals surface area (Å²) in [6, 6.07) is 8.94. The van der Waals surface area contributed by atoms with Gasteiger partial charge < -0.3 is 10.1 Å². The minimum absolute atomic E-state index is 0.0386. The number of amides is 1. The third kappa shape index (κ3) is 4.68. The van der Waals surface area contributed by atoms with E-state index in [4.69, 9.17) is 11.6 Å². The first-order valence-electron chi connectivity index (χ1n) is 6.09. The lowest BCUT2D eigenvalue weighted by Gasteiger charge is -2.13. The fraction of sp³-hybridized carbons (Fsp3) is 0.0714. The van der Waals surface area contributed by atoms with Crippen LogP contribution < -0.4 is 10.1 Å². The predicted octanol–water partition coefficient (Wildman–Crippen LogP) is 3.61. The summed E-state index contributed by atoms with van der Waals surface area (Å²) in [6.07, 6.45) is -4.93. The van der Waals surface area contributed by atoms with Crippen molar-refractivity contribution in [1.29, 1.82) is 0 Å². The quantitative estimate of drug-likeness (QED) is 0.860. The van der Waals surface area contributed by atoms with E-state index in [-0.39, 0.29) is 17.1 Å². The molecule has 0 radical (unpaired) electrons. The van der Waals surface area contributed by atoms with Crippen LogP contribution in [-0.4, -0.2) is 22.5 Å². The van der Waals surface area contributed by atoms with Crippen LogP contribution in [0.5, 0.6) is 5.75 Å². The number of rotatable bonds is 4. The Balaban J connectivity index is 2.25. The molecule has 0 aliphatic heterocycles. The van der Waals surface area contributed by atoms with Crippen molar-refractivity contribution in [3.8, 4) is 5.75 Å². The molecular weight excluding hydrogens is 337 g/mol. The maximum Gasteiger partial charge on any atom is 0.573 e. The van der Waals surface area contributed by atoms with Crippen molar-refractivity contribution in [3.63, 3.8) is 0 Å². The van der Waals surface area contributed by atoms with Crippen molar-refractivity contribution < 1.29 is 27.5 Å². The Morgan fingerprint density at radius 3 is 2.43 bits per heavy atom. The van der Waals surface area contributed by atoms with E-state index < -0.39 is 23.3 Å². The van der Waals surface area contributed by atoms with Gasteiger partial charge in [0.2, 0.25) is 0 Å². The van der Waals surface area contributed by atoms with Gasteiger partial charge in [-0.25, -0.2) is 4.98 Å². The number of hydrogen-bond acceptors (Lipinski definition) is 4. The molecule has 120 valence electrons. The topological polar surface area (TPSA) is 68.3 Å². The number of pyridine rings is 1. The lowest BCUT2D eigenvalue weighted by atomic mass is 10.2. The van der Waals surface area contributed by atoms with E-state index in [2.05, 4.69) is 15.0 Å². The van der Waals surface area contributed by atoms with Gasteiger partial charge in [0.1, 0.15) is 17.3 Å². The first kappa shape index (κ1) is 16.8. The Labute approximate surface area is 133 Å². The highest BCUT2D eigenvalue weighted by Gasteiger charge is 2.32. The van der Waals surface area contributed by atoms with Crippen molar-refractivity contribution in [2.24, 2.45) is 0 Å². The summed E-state index contributed by atoms with van der Waals surface area (Å²) in [5.74, 6) is -1.57. The van der Waals surface area contributed by atoms with Crippen LogP contribution in [0.1, 0.15) is 20.8 Å². The van der Waals surface area contributed by atoms with E-state index in [0.29, 0.717) is 0 Å². The second-order valence-electron chi connectivity index (χ2n) is 4.18. The summed E-state index contributed by atoms with van der Waals surface area (Å²) >= 11 is 5.27. The van der Waals surface area contributed by atoms with Gasteiger partial charge in [0.15, 0.2) is 0 Å². The van der Waals surface area contributed by atoms with Crippen LogP contribution >= 0.6 is 11.6 Å². The Hall–Kier alpha value is -2.61. The summed E-state index contributed by atoms with van der Waals surface area (Å²) in [4.78, 5) is 26.9. The number of nitrogens with zero attached hydrogens (tertiary/aromatic N) is 1. The molecule has 1 aromatic carbocycles. The van der Waals surface area contributed by atoms with E-state index in [9.17, 15) is 22.8 Å². The van der Waals surface area contributed by atoms with E-state index in [1.807, 2.05) is 0 Å². The number of nitrogens with one attached hydrogen (secondary N) is 1. The fourth-order valence-corrected chi connectivity index (χ4v) is 1.77. The molecule has 0 bridgehead atoms. The highest BCUT2D eigenvalue weighted by molar-refractivity contribution is 6.67. The third-order valence-corrected chi connectivity index (χ3v) is 2.74. The largest absolute Gasteiger partial charge is 0.573 e. The monoisotopic (exact) mass is 344 g/mol. The Morgan fingerprint density at radius 2 is 1.78 bits per heavy atom. The average molecular weight is 345 g/mol. The molecule has 0 spiro atoms. The number of hydrogen-bond donors (Lipinski definition) is 1. The molecule has 1 N–H and O–H groups in total. The Morgan fingerprint density at radius 1 is 1.09 bits per heavy atom. The molecule has 0 atom stereocenters. The van der Waals surface area contributed by atoms with Gasteiger partial charge in [-0.3, -0.25) is 9.59 Å². The number of halogens is 4. The molecule has 23 heavy (non-hydrogen) atoms. The number of aromatic nitrogens is 1. The number of carbonyl (C=O) groups is 2. The van der Waals surface area contributed by atoms with Crippen molar-refractivity contribution in [1.82, 2.24) is 4.98 Å². The van der Waals surface area contributed by atoms with E-state index in [0.717, 1.165) is 12.1 Å². The molecule has 5 nitrogen and oxygen atoms in total. The van der Waals surface area contributed by atoms with Gasteiger partial charge in [0.05, 0.1) is 5.56 Å². The Kier molecular flexibility index (Phi) is 4.85.